The maximum atomic E-state index is 12.7. The zero-order valence-electron chi connectivity index (χ0n) is 13.4. The third-order valence-electron chi connectivity index (χ3n) is 3.87. The summed E-state index contributed by atoms with van der Waals surface area (Å²) in [5, 5.41) is 2.71. The van der Waals surface area contributed by atoms with Crippen molar-refractivity contribution in [1.82, 2.24) is 9.62 Å². The zero-order valence-corrected chi connectivity index (χ0v) is 14.2. The molecule has 1 heterocycles. The molecule has 1 aliphatic heterocycles. The first-order valence-electron chi connectivity index (χ1n) is 7.79. The summed E-state index contributed by atoms with van der Waals surface area (Å²) in [7, 11) is -4.01. The van der Waals surface area contributed by atoms with Crippen molar-refractivity contribution in [2.24, 2.45) is 0 Å². The molecule has 1 aromatic rings. The molecular weight excluding hydrogens is 316 g/mol. The number of carbonyl (C=O) groups excluding carboxylic acids is 2. The first-order valence-corrected chi connectivity index (χ1v) is 9.23. The summed E-state index contributed by atoms with van der Waals surface area (Å²) >= 11 is 0. The second-order valence-corrected chi connectivity index (χ2v) is 7.52. The quantitative estimate of drug-likeness (QED) is 0.799. The Morgan fingerprint density at radius 3 is 2.57 bits per heavy atom. The van der Waals surface area contributed by atoms with Crippen LogP contribution in [0.2, 0.25) is 0 Å². The van der Waals surface area contributed by atoms with Crippen molar-refractivity contribution in [2.75, 3.05) is 6.54 Å². The highest BCUT2D eigenvalue weighted by atomic mass is 32.2. The molecule has 0 radical (unpaired) electrons. The minimum atomic E-state index is -4.01. The van der Waals surface area contributed by atoms with Gasteiger partial charge in [0.05, 0.1) is 4.90 Å². The Balaban J connectivity index is 2.25. The lowest BCUT2D eigenvalue weighted by Crippen LogP contribution is -2.47. The number of benzene rings is 1. The van der Waals surface area contributed by atoms with Gasteiger partial charge in [-0.05, 0) is 31.9 Å². The van der Waals surface area contributed by atoms with Gasteiger partial charge in [0.2, 0.25) is 11.8 Å². The van der Waals surface area contributed by atoms with Crippen LogP contribution in [0.5, 0.6) is 0 Å². The highest BCUT2D eigenvalue weighted by molar-refractivity contribution is 7.89. The molecule has 2 rings (SSSR count). The molecule has 1 aromatic carbocycles. The molecule has 1 atom stereocenters. The maximum absolute atomic E-state index is 12.7. The fourth-order valence-electron chi connectivity index (χ4n) is 2.53. The van der Waals surface area contributed by atoms with E-state index in [2.05, 4.69) is 5.32 Å². The van der Waals surface area contributed by atoms with Gasteiger partial charge >= 0.3 is 0 Å². The van der Waals surface area contributed by atoms with Crippen molar-refractivity contribution < 1.29 is 18.0 Å². The largest absolute Gasteiger partial charge is 0.354 e. The number of rotatable bonds is 6. The standard InChI is InChI=1S/C16H22N2O4S/c1-3-4-11-17-16(20)14-9-10-15(19)18(14)23(21,22)13-7-5-12(2)6-8-13/h5-8,14H,3-4,9-11H2,1-2H3,(H,17,20)/t14-/m1/s1. The molecule has 0 bridgehead atoms. The predicted octanol–water partition coefficient (Wildman–Crippen LogP) is 1.59. The van der Waals surface area contributed by atoms with Crippen LogP contribution in [-0.4, -0.2) is 37.1 Å². The van der Waals surface area contributed by atoms with Gasteiger partial charge in [-0.25, -0.2) is 12.7 Å². The normalized spacial score (nSPS) is 18.3. The van der Waals surface area contributed by atoms with Crippen LogP contribution in [0.4, 0.5) is 0 Å². The fraction of sp³-hybridized carbons (Fsp3) is 0.500. The summed E-state index contributed by atoms with van der Waals surface area (Å²) in [6, 6.07) is 5.31. The molecule has 2 amide bonds. The number of amides is 2. The molecule has 1 fully saturated rings. The smallest absolute Gasteiger partial charge is 0.267 e. The lowest BCUT2D eigenvalue weighted by Gasteiger charge is -2.23. The minimum Gasteiger partial charge on any atom is -0.354 e. The second kappa shape index (κ2) is 7.12. The van der Waals surface area contributed by atoms with Gasteiger partial charge in [0.25, 0.3) is 10.0 Å². The van der Waals surface area contributed by atoms with Crippen molar-refractivity contribution in [3.05, 3.63) is 29.8 Å². The first kappa shape index (κ1) is 17.5. The number of nitrogens with zero attached hydrogens (tertiary/aromatic N) is 1. The Morgan fingerprint density at radius 2 is 1.96 bits per heavy atom. The van der Waals surface area contributed by atoms with Gasteiger partial charge in [-0.2, -0.15) is 0 Å². The molecular formula is C16H22N2O4S. The van der Waals surface area contributed by atoms with E-state index < -0.39 is 27.9 Å². The second-order valence-electron chi connectivity index (χ2n) is 5.71. The van der Waals surface area contributed by atoms with Gasteiger partial charge in [-0.3, -0.25) is 9.59 Å². The van der Waals surface area contributed by atoms with Crippen LogP contribution in [0, 0.1) is 6.92 Å². The molecule has 6 nitrogen and oxygen atoms in total. The molecule has 0 aliphatic carbocycles. The number of sulfonamides is 1. The van der Waals surface area contributed by atoms with E-state index in [1.807, 2.05) is 13.8 Å². The van der Waals surface area contributed by atoms with E-state index in [1.165, 1.54) is 12.1 Å². The molecule has 126 valence electrons. The van der Waals surface area contributed by atoms with Gasteiger partial charge in [-0.15, -0.1) is 0 Å². The van der Waals surface area contributed by atoms with E-state index in [0.717, 1.165) is 22.7 Å². The van der Waals surface area contributed by atoms with Gasteiger partial charge in [0.15, 0.2) is 0 Å². The van der Waals surface area contributed by atoms with E-state index in [4.69, 9.17) is 0 Å². The number of aryl methyl sites for hydroxylation is 1. The molecule has 0 spiro atoms. The Labute approximate surface area is 136 Å². The van der Waals surface area contributed by atoms with Crippen molar-refractivity contribution in [3.63, 3.8) is 0 Å². The Kier molecular flexibility index (Phi) is 5.41. The van der Waals surface area contributed by atoms with Crippen molar-refractivity contribution in [3.8, 4) is 0 Å². The highest BCUT2D eigenvalue weighted by Gasteiger charge is 2.44. The number of hydrogen-bond donors (Lipinski definition) is 1. The summed E-state index contributed by atoms with van der Waals surface area (Å²) in [5.41, 5.74) is 0.922. The zero-order chi connectivity index (χ0) is 17.0. The van der Waals surface area contributed by atoms with Crippen molar-refractivity contribution in [1.29, 1.82) is 0 Å². The summed E-state index contributed by atoms with van der Waals surface area (Å²) in [4.78, 5) is 24.3. The Morgan fingerprint density at radius 1 is 1.30 bits per heavy atom. The van der Waals surface area contributed by atoms with Crippen molar-refractivity contribution >= 4 is 21.8 Å². The van der Waals surface area contributed by atoms with Crippen LogP contribution in [0.15, 0.2) is 29.2 Å². The summed E-state index contributed by atoms with van der Waals surface area (Å²) < 4.78 is 26.2. The van der Waals surface area contributed by atoms with E-state index >= 15 is 0 Å². The number of unbranched alkanes of at least 4 members (excludes halogenated alkanes) is 1. The van der Waals surface area contributed by atoms with Gasteiger partial charge in [0, 0.05) is 13.0 Å². The predicted molar refractivity (Wildman–Crippen MR) is 86.2 cm³/mol. The molecule has 0 unspecified atom stereocenters. The molecule has 1 aliphatic rings. The number of hydrogen-bond acceptors (Lipinski definition) is 4. The average molecular weight is 338 g/mol. The Bertz CT molecular complexity index is 683. The van der Waals surface area contributed by atoms with Crippen LogP contribution < -0.4 is 5.32 Å². The van der Waals surface area contributed by atoms with Crippen LogP contribution in [-0.2, 0) is 19.6 Å². The van der Waals surface area contributed by atoms with E-state index in [1.54, 1.807) is 12.1 Å². The number of carbonyl (C=O) groups is 2. The van der Waals surface area contributed by atoms with Gasteiger partial charge in [0.1, 0.15) is 6.04 Å². The van der Waals surface area contributed by atoms with Gasteiger partial charge in [-0.1, -0.05) is 31.0 Å². The SMILES string of the molecule is CCCCNC(=O)[C@H]1CCC(=O)N1S(=O)(=O)c1ccc(C)cc1. The monoisotopic (exact) mass is 338 g/mol. The van der Waals surface area contributed by atoms with Crippen molar-refractivity contribution in [2.45, 2.75) is 50.5 Å². The van der Waals surface area contributed by atoms with E-state index in [0.29, 0.717) is 6.54 Å². The third kappa shape index (κ3) is 3.72. The van der Waals surface area contributed by atoms with Crippen LogP contribution in [0.25, 0.3) is 0 Å². The molecule has 23 heavy (non-hydrogen) atoms. The third-order valence-corrected chi connectivity index (χ3v) is 5.71. The van der Waals surface area contributed by atoms with Crippen LogP contribution in [0.3, 0.4) is 0 Å². The van der Waals surface area contributed by atoms with Crippen LogP contribution in [0.1, 0.15) is 38.2 Å². The molecule has 7 heteroatoms. The Hall–Kier alpha value is -1.89. The summed E-state index contributed by atoms with van der Waals surface area (Å²) in [6.07, 6.45) is 2.03. The first-order chi connectivity index (χ1) is 10.9. The molecule has 0 saturated carbocycles. The molecule has 1 saturated heterocycles. The molecule has 1 N–H and O–H groups in total. The highest BCUT2D eigenvalue weighted by Crippen LogP contribution is 2.27. The lowest BCUT2D eigenvalue weighted by atomic mass is 10.2. The average Bonchev–Trinajstić information content (AvgIpc) is 2.90. The van der Waals surface area contributed by atoms with Crippen LogP contribution >= 0.6 is 0 Å². The lowest BCUT2D eigenvalue weighted by molar-refractivity contribution is -0.130. The van der Waals surface area contributed by atoms with E-state index in [9.17, 15) is 18.0 Å². The molecule has 0 aromatic heterocycles. The summed E-state index contributed by atoms with van der Waals surface area (Å²) in [6.45, 7) is 4.33. The number of nitrogens with one attached hydrogen (secondary N) is 1. The topological polar surface area (TPSA) is 83.6 Å². The summed E-state index contributed by atoms with van der Waals surface area (Å²) in [5.74, 6) is -0.929. The fourth-order valence-corrected chi connectivity index (χ4v) is 4.13. The van der Waals surface area contributed by atoms with Gasteiger partial charge < -0.3 is 5.32 Å². The minimum absolute atomic E-state index is 0.0321. The van der Waals surface area contributed by atoms with E-state index in [-0.39, 0.29) is 17.7 Å². The maximum Gasteiger partial charge on any atom is 0.267 e.